The lowest BCUT2D eigenvalue weighted by Gasteiger charge is -2.30. The molecule has 0 radical (unpaired) electrons. The Kier molecular flexibility index (Phi) is 4.75. The van der Waals surface area contributed by atoms with Crippen LogP contribution in [0.5, 0.6) is 0 Å². The molecular weight excluding hydrogens is 394 g/mol. The molecule has 0 saturated carbocycles. The molecule has 0 N–H and O–H groups in total. The summed E-state index contributed by atoms with van der Waals surface area (Å²) >= 11 is 6.78. The van der Waals surface area contributed by atoms with Gasteiger partial charge in [-0.1, -0.05) is 22.9 Å². The molecule has 3 nitrogen and oxygen atoms in total. The maximum Gasteiger partial charge on any atom is 0.244 e. The van der Waals surface area contributed by atoms with E-state index < -0.39 is 10.0 Å². The predicted molar refractivity (Wildman–Crippen MR) is 83.7 cm³/mol. The van der Waals surface area contributed by atoms with Crippen LogP contribution in [0.15, 0.2) is 26.0 Å². The summed E-state index contributed by atoms with van der Waals surface area (Å²) in [5, 5.41) is 0. The summed E-state index contributed by atoms with van der Waals surface area (Å²) in [7, 11) is -3.41. The van der Waals surface area contributed by atoms with Crippen molar-refractivity contribution in [1.82, 2.24) is 4.31 Å². The molecule has 1 atom stereocenters. The van der Waals surface area contributed by atoms with E-state index in [1.165, 1.54) is 0 Å². The van der Waals surface area contributed by atoms with Gasteiger partial charge in [-0.25, -0.2) is 8.42 Å². The van der Waals surface area contributed by atoms with E-state index in [4.69, 9.17) is 0 Å². The number of benzene rings is 1. The van der Waals surface area contributed by atoms with Gasteiger partial charge in [0.2, 0.25) is 10.0 Å². The summed E-state index contributed by atoms with van der Waals surface area (Å²) in [5.74, 6) is 0.427. The van der Waals surface area contributed by atoms with E-state index >= 15 is 0 Å². The molecule has 106 valence electrons. The highest BCUT2D eigenvalue weighted by Crippen LogP contribution is 2.32. The molecule has 19 heavy (non-hydrogen) atoms. The Morgan fingerprint density at radius 3 is 2.58 bits per heavy atom. The van der Waals surface area contributed by atoms with Gasteiger partial charge in [0.15, 0.2) is 0 Å². The van der Waals surface area contributed by atoms with E-state index in [0.29, 0.717) is 28.4 Å². The van der Waals surface area contributed by atoms with Gasteiger partial charge in [0.05, 0.1) is 4.90 Å². The minimum absolute atomic E-state index is 0.346. The van der Waals surface area contributed by atoms with Gasteiger partial charge in [0.25, 0.3) is 0 Å². The molecule has 0 spiro atoms. The number of sulfonamides is 1. The van der Waals surface area contributed by atoms with Crippen LogP contribution in [0.2, 0.25) is 0 Å². The van der Waals surface area contributed by atoms with Crippen LogP contribution in [-0.2, 0) is 10.0 Å². The minimum atomic E-state index is -3.41. The average Bonchev–Trinajstić information content (AvgIpc) is 2.33. The first-order chi connectivity index (χ1) is 8.82. The Balaban J connectivity index is 2.42. The van der Waals surface area contributed by atoms with Crippen molar-refractivity contribution in [3.05, 3.63) is 26.6 Å². The fourth-order valence-corrected chi connectivity index (χ4v) is 5.57. The van der Waals surface area contributed by atoms with Crippen LogP contribution in [-0.4, -0.2) is 25.8 Å². The van der Waals surface area contributed by atoms with Gasteiger partial charge in [-0.2, -0.15) is 4.31 Å². The standard InChI is InChI=1S/C13H17Br2NO2S/c1-9-4-3-5-16(8-9)19(17,18)13-7-11(14)10(2)6-12(13)15/h6-7,9H,3-5,8H2,1-2H3. The molecule has 1 aliphatic heterocycles. The molecular formula is C13H17Br2NO2S. The molecule has 0 aliphatic carbocycles. The third-order valence-corrected chi connectivity index (χ3v) is 7.13. The third-order valence-electron chi connectivity index (χ3n) is 3.45. The second kappa shape index (κ2) is 5.84. The number of halogens is 2. The highest BCUT2D eigenvalue weighted by atomic mass is 79.9. The highest BCUT2D eigenvalue weighted by Gasteiger charge is 2.30. The maximum atomic E-state index is 12.7. The van der Waals surface area contributed by atoms with Crippen molar-refractivity contribution in [3.8, 4) is 0 Å². The van der Waals surface area contributed by atoms with Crippen molar-refractivity contribution >= 4 is 41.9 Å². The summed E-state index contributed by atoms with van der Waals surface area (Å²) in [4.78, 5) is 0.346. The first-order valence-electron chi connectivity index (χ1n) is 6.28. The Hall–Kier alpha value is 0.0900. The number of nitrogens with zero attached hydrogens (tertiary/aromatic N) is 1. The van der Waals surface area contributed by atoms with Gasteiger partial charge in [-0.05, 0) is 59.3 Å². The largest absolute Gasteiger partial charge is 0.244 e. The maximum absolute atomic E-state index is 12.7. The van der Waals surface area contributed by atoms with Crippen LogP contribution in [0.1, 0.15) is 25.3 Å². The van der Waals surface area contributed by atoms with E-state index in [-0.39, 0.29) is 0 Å². The zero-order chi connectivity index (χ0) is 14.2. The monoisotopic (exact) mass is 409 g/mol. The normalized spacial score (nSPS) is 21.6. The van der Waals surface area contributed by atoms with E-state index in [1.807, 2.05) is 13.0 Å². The van der Waals surface area contributed by atoms with Gasteiger partial charge in [0.1, 0.15) is 0 Å². The van der Waals surface area contributed by atoms with Crippen LogP contribution < -0.4 is 0 Å². The smallest absolute Gasteiger partial charge is 0.207 e. The van der Waals surface area contributed by atoms with Crippen LogP contribution >= 0.6 is 31.9 Å². The quantitative estimate of drug-likeness (QED) is 0.740. The zero-order valence-corrected chi connectivity index (χ0v) is 15.0. The molecule has 6 heteroatoms. The second-order valence-corrected chi connectivity index (χ2v) is 8.76. The van der Waals surface area contributed by atoms with E-state index in [1.54, 1.807) is 10.4 Å². The predicted octanol–water partition coefficient (Wildman–Crippen LogP) is 3.94. The molecule has 1 aromatic rings. The molecule has 1 aromatic carbocycles. The zero-order valence-electron chi connectivity index (χ0n) is 11.0. The van der Waals surface area contributed by atoms with Crippen molar-refractivity contribution in [2.45, 2.75) is 31.6 Å². The molecule has 0 aromatic heterocycles. The van der Waals surface area contributed by atoms with Crippen molar-refractivity contribution in [1.29, 1.82) is 0 Å². The molecule has 1 unspecified atom stereocenters. The number of piperidine rings is 1. The van der Waals surface area contributed by atoms with Gasteiger partial charge in [-0.15, -0.1) is 0 Å². The Bertz CT molecular complexity index is 587. The third kappa shape index (κ3) is 3.23. The SMILES string of the molecule is Cc1cc(Br)c(S(=O)(=O)N2CCCC(C)C2)cc1Br. The first-order valence-corrected chi connectivity index (χ1v) is 9.31. The lowest BCUT2D eigenvalue weighted by atomic mass is 10.0. The fraction of sp³-hybridized carbons (Fsp3) is 0.538. The molecule has 0 bridgehead atoms. The fourth-order valence-electron chi connectivity index (χ4n) is 2.33. The molecule has 2 rings (SSSR count). The van der Waals surface area contributed by atoms with Crippen LogP contribution in [0.3, 0.4) is 0 Å². The molecule has 0 amide bonds. The Morgan fingerprint density at radius 2 is 1.95 bits per heavy atom. The van der Waals surface area contributed by atoms with E-state index in [0.717, 1.165) is 22.9 Å². The van der Waals surface area contributed by atoms with Crippen LogP contribution in [0.4, 0.5) is 0 Å². The summed E-state index contributed by atoms with van der Waals surface area (Å²) in [6.45, 7) is 5.26. The number of rotatable bonds is 2. The van der Waals surface area contributed by atoms with Crippen molar-refractivity contribution < 1.29 is 8.42 Å². The summed E-state index contributed by atoms with van der Waals surface area (Å²) in [6, 6.07) is 3.53. The van der Waals surface area contributed by atoms with E-state index in [9.17, 15) is 8.42 Å². The summed E-state index contributed by atoms with van der Waals surface area (Å²) < 4.78 is 28.4. The van der Waals surface area contributed by atoms with Gasteiger partial charge < -0.3 is 0 Å². The number of hydrogen-bond acceptors (Lipinski definition) is 2. The lowest BCUT2D eigenvalue weighted by molar-refractivity contribution is 0.281. The molecule has 1 saturated heterocycles. The Morgan fingerprint density at radius 1 is 1.26 bits per heavy atom. The van der Waals surface area contributed by atoms with Crippen molar-refractivity contribution in [2.24, 2.45) is 5.92 Å². The van der Waals surface area contributed by atoms with Crippen molar-refractivity contribution in [2.75, 3.05) is 13.1 Å². The first kappa shape index (κ1) is 15.5. The van der Waals surface area contributed by atoms with Crippen LogP contribution in [0.25, 0.3) is 0 Å². The van der Waals surface area contributed by atoms with E-state index in [2.05, 4.69) is 38.8 Å². The Labute approximate surface area is 131 Å². The minimum Gasteiger partial charge on any atom is -0.207 e. The average molecular weight is 411 g/mol. The van der Waals surface area contributed by atoms with Gasteiger partial charge in [-0.3, -0.25) is 0 Å². The lowest BCUT2D eigenvalue weighted by Crippen LogP contribution is -2.39. The van der Waals surface area contributed by atoms with Crippen molar-refractivity contribution in [3.63, 3.8) is 0 Å². The topological polar surface area (TPSA) is 37.4 Å². The van der Waals surface area contributed by atoms with Crippen LogP contribution in [0, 0.1) is 12.8 Å². The van der Waals surface area contributed by atoms with Gasteiger partial charge in [0, 0.05) is 22.0 Å². The summed E-state index contributed by atoms with van der Waals surface area (Å²) in [6.07, 6.45) is 2.04. The van der Waals surface area contributed by atoms with Gasteiger partial charge >= 0.3 is 0 Å². The molecule has 1 fully saturated rings. The number of aryl methyl sites for hydroxylation is 1. The number of hydrogen-bond donors (Lipinski definition) is 0. The molecule has 1 aliphatic rings. The highest BCUT2D eigenvalue weighted by molar-refractivity contribution is 9.11. The second-order valence-electron chi connectivity index (χ2n) is 5.14. The summed E-state index contributed by atoms with van der Waals surface area (Å²) in [5.41, 5.74) is 1.01. The molecule has 1 heterocycles.